The van der Waals surface area contributed by atoms with Gasteiger partial charge in [-0.1, -0.05) is 28.9 Å². The molecule has 0 atom stereocenters. The maximum atomic E-state index is 14.3. The van der Waals surface area contributed by atoms with E-state index in [-0.39, 0.29) is 17.1 Å². The number of nitrogens with zero attached hydrogens (tertiary/aromatic N) is 5. The van der Waals surface area contributed by atoms with E-state index in [1.165, 1.54) is 21.5 Å². The third kappa shape index (κ3) is 3.62. The molecule has 8 nitrogen and oxygen atoms in total. The second kappa shape index (κ2) is 8.25. The van der Waals surface area contributed by atoms with Gasteiger partial charge in [-0.2, -0.15) is 0 Å². The standard InChI is InChI=1S/C24H22ClFN6O2/c1-13-22(24(34)32(30(13)3)20-7-5-4-6-18(20)26)27-23(33)21-14(2)31(29-28-21)19-11-10-16(25)12-17(19)15-8-9-15/h4-7,10-12,15H,8-9H2,1-3H3,(H,27,33). The molecule has 2 aromatic heterocycles. The highest BCUT2D eigenvalue weighted by atomic mass is 35.5. The number of carbonyl (C=O) groups excluding carboxylic acids is 1. The number of aromatic nitrogens is 5. The third-order valence-corrected chi connectivity index (χ3v) is 6.45. The number of hydrogen-bond acceptors (Lipinski definition) is 4. The second-order valence-electron chi connectivity index (χ2n) is 8.42. The molecular weight excluding hydrogens is 459 g/mol. The van der Waals surface area contributed by atoms with E-state index in [0.29, 0.717) is 22.3 Å². The summed E-state index contributed by atoms with van der Waals surface area (Å²) in [6.07, 6.45) is 2.16. The second-order valence-corrected chi connectivity index (χ2v) is 8.86. The fraction of sp³-hybridized carbons (Fsp3) is 0.250. The summed E-state index contributed by atoms with van der Waals surface area (Å²) >= 11 is 6.19. The van der Waals surface area contributed by atoms with Crippen molar-refractivity contribution < 1.29 is 9.18 Å². The van der Waals surface area contributed by atoms with Crippen LogP contribution in [0.1, 0.15) is 46.2 Å². The van der Waals surface area contributed by atoms with Crippen molar-refractivity contribution in [3.63, 3.8) is 0 Å². The van der Waals surface area contributed by atoms with Gasteiger partial charge in [0.1, 0.15) is 17.2 Å². The number of amides is 1. The molecule has 0 radical (unpaired) electrons. The first-order chi connectivity index (χ1) is 16.3. The largest absolute Gasteiger partial charge is 0.314 e. The predicted octanol–water partition coefficient (Wildman–Crippen LogP) is 4.30. The van der Waals surface area contributed by atoms with Crippen LogP contribution in [-0.4, -0.2) is 30.3 Å². The molecular formula is C24H22ClFN6O2. The van der Waals surface area contributed by atoms with Gasteiger partial charge in [-0.25, -0.2) is 13.8 Å². The van der Waals surface area contributed by atoms with Crippen molar-refractivity contribution in [3.8, 4) is 11.4 Å². The van der Waals surface area contributed by atoms with E-state index < -0.39 is 17.3 Å². The fourth-order valence-electron chi connectivity index (χ4n) is 4.13. The van der Waals surface area contributed by atoms with E-state index in [0.717, 1.165) is 24.1 Å². The van der Waals surface area contributed by atoms with E-state index in [4.69, 9.17) is 11.6 Å². The van der Waals surface area contributed by atoms with Crippen molar-refractivity contribution in [1.29, 1.82) is 0 Å². The molecule has 1 fully saturated rings. The van der Waals surface area contributed by atoms with Crippen molar-refractivity contribution in [2.45, 2.75) is 32.6 Å². The topological polar surface area (TPSA) is 86.7 Å². The van der Waals surface area contributed by atoms with Crippen molar-refractivity contribution in [1.82, 2.24) is 24.4 Å². The lowest BCUT2D eigenvalue weighted by molar-refractivity contribution is 0.102. The number of nitrogens with one attached hydrogen (secondary N) is 1. The molecule has 2 aromatic carbocycles. The minimum atomic E-state index is -0.572. The summed E-state index contributed by atoms with van der Waals surface area (Å²) < 4.78 is 18.6. The predicted molar refractivity (Wildman–Crippen MR) is 127 cm³/mol. The van der Waals surface area contributed by atoms with Gasteiger partial charge in [-0.15, -0.1) is 5.10 Å². The summed E-state index contributed by atoms with van der Waals surface area (Å²) in [5.74, 6) is -0.702. The summed E-state index contributed by atoms with van der Waals surface area (Å²) in [7, 11) is 1.63. The number of benzene rings is 2. The van der Waals surface area contributed by atoms with Gasteiger partial charge in [0.2, 0.25) is 0 Å². The average molecular weight is 481 g/mol. The van der Waals surface area contributed by atoms with Crippen LogP contribution in [-0.2, 0) is 7.05 Å². The lowest BCUT2D eigenvalue weighted by Crippen LogP contribution is -2.24. The molecule has 0 spiro atoms. The zero-order chi connectivity index (χ0) is 24.1. The number of para-hydroxylation sites is 1. The van der Waals surface area contributed by atoms with Crippen molar-refractivity contribution in [2.75, 3.05) is 5.32 Å². The smallest absolute Gasteiger partial charge is 0.295 e. The number of carbonyl (C=O) groups is 1. The van der Waals surface area contributed by atoms with Gasteiger partial charge in [-0.05, 0) is 68.5 Å². The van der Waals surface area contributed by atoms with Gasteiger partial charge >= 0.3 is 0 Å². The first kappa shape index (κ1) is 22.1. The quantitative estimate of drug-likeness (QED) is 0.461. The highest BCUT2D eigenvalue weighted by molar-refractivity contribution is 6.30. The average Bonchev–Trinajstić information content (AvgIpc) is 3.56. The molecule has 34 heavy (non-hydrogen) atoms. The van der Waals surface area contributed by atoms with Gasteiger partial charge in [0.25, 0.3) is 11.5 Å². The zero-order valence-electron chi connectivity index (χ0n) is 18.8. The van der Waals surface area contributed by atoms with Gasteiger partial charge in [-0.3, -0.25) is 14.3 Å². The summed E-state index contributed by atoms with van der Waals surface area (Å²) in [6, 6.07) is 11.5. The van der Waals surface area contributed by atoms with Crippen LogP contribution in [0.25, 0.3) is 11.4 Å². The van der Waals surface area contributed by atoms with E-state index in [9.17, 15) is 14.0 Å². The maximum absolute atomic E-state index is 14.3. The van der Waals surface area contributed by atoms with Crippen molar-refractivity contribution in [2.24, 2.45) is 7.05 Å². The van der Waals surface area contributed by atoms with Gasteiger partial charge < -0.3 is 5.32 Å². The molecule has 1 N–H and O–H groups in total. The highest BCUT2D eigenvalue weighted by Gasteiger charge is 2.29. The monoisotopic (exact) mass is 480 g/mol. The van der Waals surface area contributed by atoms with Gasteiger partial charge in [0, 0.05) is 12.1 Å². The SMILES string of the molecule is Cc1c(C(=O)Nc2c(C)n(C)n(-c3ccccc3F)c2=O)nnn1-c1ccc(Cl)cc1C1CC1. The van der Waals surface area contributed by atoms with Gasteiger partial charge in [0.05, 0.1) is 17.1 Å². The Hall–Kier alpha value is -3.72. The van der Waals surface area contributed by atoms with Crippen LogP contribution < -0.4 is 10.9 Å². The molecule has 1 aliphatic carbocycles. The molecule has 0 saturated heterocycles. The molecule has 0 bridgehead atoms. The number of anilines is 1. The van der Waals surface area contributed by atoms with Gasteiger partial charge in [0.15, 0.2) is 5.69 Å². The Bertz CT molecular complexity index is 1500. The van der Waals surface area contributed by atoms with Crippen LogP contribution in [0, 0.1) is 19.7 Å². The van der Waals surface area contributed by atoms with Crippen LogP contribution in [0.4, 0.5) is 10.1 Å². The van der Waals surface area contributed by atoms with E-state index in [1.807, 2.05) is 12.1 Å². The van der Waals surface area contributed by atoms with E-state index >= 15 is 0 Å². The Morgan fingerprint density at radius 2 is 1.85 bits per heavy atom. The number of hydrogen-bond donors (Lipinski definition) is 1. The Kier molecular flexibility index (Phi) is 5.36. The first-order valence-corrected chi connectivity index (χ1v) is 11.2. The minimum absolute atomic E-state index is 0.0508. The zero-order valence-corrected chi connectivity index (χ0v) is 19.6. The van der Waals surface area contributed by atoms with E-state index in [1.54, 1.807) is 43.8 Å². The van der Waals surface area contributed by atoms with Crippen LogP contribution in [0.3, 0.4) is 0 Å². The van der Waals surface area contributed by atoms with Crippen LogP contribution >= 0.6 is 11.6 Å². The van der Waals surface area contributed by atoms with Crippen LogP contribution in [0.15, 0.2) is 47.3 Å². The molecule has 2 heterocycles. The van der Waals surface area contributed by atoms with Crippen molar-refractivity contribution in [3.05, 3.63) is 86.3 Å². The highest BCUT2D eigenvalue weighted by Crippen LogP contribution is 2.43. The summed E-state index contributed by atoms with van der Waals surface area (Å²) in [5.41, 5.74) is 2.60. The summed E-state index contributed by atoms with van der Waals surface area (Å²) in [5, 5.41) is 11.6. The lowest BCUT2D eigenvalue weighted by Gasteiger charge is -2.10. The Morgan fingerprint density at radius 3 is 2.56 bits per heavy atom. The normalized spacial score (nSPS) is 13.3. The molecule has 5 rings (SSSR count). The van der Waals surface area contributed by atoms with Crippen molar-refractivity contribution >= 4 is 23.2 Å². The molecule has 1 amide bonds. The Balaban J connectivity index is 1.50. The lowest BCUT2D eigenvalue weighted by atomic mass is 10.1. The third-order valence-electron chi connectivity index (χ3n) is 6.22. The molecule has 174 valence electrons. The molecule has 0 aliphatic heterocycles. The molecule has 0 unspecified atom stereocenters. The molecule has 1 aliphatic rings. The maximum Gasteiger partial charge on any atom is 0.295 e. The Labute approximate surface area is 199 Å². The first-order valence-electron chi connectivity index (χ1n) is 10.8. The molecule has 4 aromatic rings. The van der Waals surface area contributed by atoms with E-state index in [2.05, 4.69) is 15.6 Å². The minimum Gasteiger partial charge on any atom is -0.314 e. The fourth-order valence-corrected chi connectivity index (χ4v) is 4.31. The molecule has 10 heteroatoms. The summed E-state index contributed by atoms with van der Waals surface area (Å²) in [4.78, 5) is 26.2. The number of rotatable bonds is 5. The van der Waals surface area contributed by atoms with Crippen LogP contribution in [0.2, 0.25) is 5.02 Å². The molecule has 1 saturated carbocycles. The Morgan fingerprint density at radius 1 is 1.12 bits per heavy atom. The summed E-state index contributed by atoms with van der Waals surface area (Å²) in [6.45, 7) is 3.42. The number of halogens is 2. The van der Waals surface area contributed by atoms with Crippen LogP contribution in [0.5, 0.6) is 0 Å².